The van der Waals surface area contributed by atoms with E-state index in [1.807, 2.05) is 68.7 Å². The summed E-state index contributed by atoms with van der Waals surface area (Å²) in [6.07, 6.45) is 7.30. The highest BCUT2D eigenvalue weighted by atomic mass is 35.5. The van der Waals surface area contributed by atoms with Gasteiger partial charge in [0.1, 0.15) is 11.6 Å². The molecule has 8 aromatic rings. The van der Waals surface area contributed by atoms with Gasteiger partial charge in [0, 0.05) is 93.2 Å². The molecule has 16 nitrogen and oxygen atoms in total. The molecule has 0 amide bonds. The minimum Gasteiger partial charge on any atom is -0.396 e. The number of rotatable bonds is 8. The third-order valence-corrected chi connectivity index (χ3v) is 14.8. The van der Waals surface area contributed by atoms with Gasteiger partial charge in [-0.1, -0.05) is 23.7 Å². The molecule has 19 heteroatoms. The fraction of sp³-hybridized carbons (Fsp3) is 0.367. The number of benzene rings is 2. The van der Waals surface area contributed by atoms with Crippen LogP contribution in [0, 0.1) is 25.5 Å². The number of hydrogen-bond donors (Lipinski definition) is 2. The second-order valence-electron chi connectivity index (χ2n) is 21.2. The van der Waals surface area contributed by atoms with E-state index in [1.165, 1.54) is 24.3 Å². The number of morpholine rings is 4. The fourth-order valence-electron chi connectivity index (χ4n) is 10.3. The van der Waals surface area contributed by atoms with Crippen molar-refractivity contribution in [3.05, 3.63) is 138 Å². The summed E-state index contributed by atoms with van der Waals surface area (Å²) in [5.74, 6) is 1.08. The lowest BCUT2D eigenvalue weighted by molar-refractivity contribution is -0.0280. The lowest BCUT2D eigenvalue weighted by atomic mass is 10.0. The summed E-state index contributed by atoms with van der Waals surface area (Å²) in [7, 11) is 0. The van der Waals surface area contributed by atoms with Crippen LogP contribution in [0.3, 0.4) is 0 Å². The van der Waals surface area contributed by atoms with Crippen LogP contribution in [0.2, 0.25) is 5.02 Å². The minimum atomic E-state index is -0.329. The molecule has 0 aliphatic carbocycles. The van der Waals surface area contributed by atoms with Gasteiger partial charge in [-0.2, -0.15) is 0 Å². The number of nitrogens with two attached hydrogens (primary N) is 1. The summed E-state index contributed by atoms with van der Waals surface area (Å²) in [5, 5.41) is 5.89. The quantitative estimate of drug-likeness (QED) is 0.147. The van der Waals surface area contributed by atoms with Gasteiger partial charge in [0.05, 0.1) is 131 Å². The molecule has 0 bridgehead atoms. The highest BCUT2D eigenvalue weighted by Gasteiger charge is 2.30. The van der Waals surface area contributed by atoms with Gasteiger partial charge >= 0.3 is 0 Å². The Morgan fingerprint density at radius 3 is 1.56 bits per heavy atom. The van der Waals surface area contributed by atoms with E-state index in [-0.39, 0.29) is 22.8 Å². The molecule has 4 aliphatic heterocycles. The highest BCUT2D eigenvalue weighted by molar-refractivity contribution is 6.36. The molecule has 0 radical (unpaired) electrons. The van der Waals surface area contributed by atoms with Gasteiger partial charge in [-0.15, -0.1) is 0 Å². The molecule has 10 heterocycles. The zero-order valence-electron chi connectivity index (χ0n) is 45.6. The first-order chi connectivity index (χ1) is 38.1. The maximum atomic E-state index is 14.3. The number of hydrogen-bond acceptors (Lipinski definition) is 16. The van der Waals surface area contributed by atoms with E-state index in [9.17, 15) is 8.78 Å². The molecule has 4 fully saturated rings. The lowest BCUT2D eigenvalue weighted by Gasteiger charge is -2.39. The Labute approximate surface area is 464 Å². The lowest BCUT2D eigenvalue weighted by Crippen LogP contribution is -2.48. The van der Waals surface area contributed by atoms with Crippen molar-refractivity contribution < 1.29 is 27.7 Å². The van der Waals surface area contributed by atoms with Crippen LogP contribution in [0.15, 0.2) is 110 Å². The minimum absolute atomic E-state index is 0.129. The van der Waals surface area contributed by atoms with Crippen LogP contribution < -0.4 is 30.7 Å². The molecule has 79 heavy (non-hydrogen) atoms. The van der Waals surface area contributed by atoms with E-state index < -0.39 is 0 Å². The van der Waals surface area contributed by atoms with Gasteiger partial charge < -0.3 is 49.6 Å². The highest BCUT2D eigenvalue weighted by Crippen LogP contribution is 2.40. The number of nitrogens with zero attached hydrogens (tertiary/aromatic N) is 10. The van der Waals surface area contributed by atoms with Gasteiger partial charge in [-0.25, -0.2) is 28.7 Å². The van der Waals surface area contributed by atoms with Gasteiger partial charge in [0.25, 0.3) is 0 Å². The standard InChI is InChI=1S/C30H33FN6O2.C15H10ClFN2.C15H24N4O2/c1-20-27(23-8-7-21(31)16-25(23)34-28(20)24-6-4-5-9-32-24)35-26-17-22(37-12-15-39-30(2,3)19-37)18-33-29(26)36-10-13-38-14-11-36;1-9-14(16)11-6-5-10(17)8-13(11)19-15(9)12-4-2-3-7-18-12;1-15(2)11-19(5-8-21-15)12-9-13(16)14(17-10-12)18-3-6-20-7-4-18/h4-9,16-18H,10-15,19H2,1-3H3,(H,34,35);2-8H,1H3;9-10H,3-8,11,16H2,1-2H3. The predicted octanol–water partition coefficient (Wildman–Crippen LogP) is 10.8. The van der Waals surface area contributed by atoms with Gasteiger partial charge in [-0.3, -0.25) is 9.97 Å². The Hall–Kier alpha value is -7.35. The van der Waals surface area contributed by atoms with Crippen molar-refractivity contribution in [1.29, 1.82) is 0 Å². The van der Waals surface area contributed by atoms with E-state index in [0.717, 1.165) is 146 Å². The van der Waals surface area contributed by atoms with Crippen molar-refractivity contribution in [3.63, 3.8) is 0 Å². The molecule has 12 rings (SSSR count). The van der Waals surface area contributed by atoms with Crippen LogP contribution >= 0.6 is 11.6 Å². The molecule has 412 valence electrons. The summed E-state index contributed by atoms with van der Waals surface area (Å²) in [4.78, 5) is 36.7. The molecule has 0 atom stereocenters. The molecule has 0 unspecified atom stereocenters. The third kappa shape index (κ3) is 12.9. The molecule has 4 aliphatic rings. The number of pyridine rings is 6. The van der Waals surface area contributed by atoms with Crippen molar-refractivity contribution in [3.8, 4) is 22.8 Å². The smallest absolute Gasteiger partial charge is 0.152 e. The fourth-order valence-corrected chi connectivity index (χ4v) is 10.6. The molecule has 0 spiro atoms. The Bertz CT molecular complexity index is 3420. The summed E-state index contributed by atoms with van der Waals surface area (Å²) in [5.41, 5.74) is 16.2. The van der Waals surface area contributed by atoms with Crippen molar-refractivity contribution >= 4 is 73.5 Å². The van der Waals surface area contributed by atoms with Crippen LogP contribution in [-0.2, 0) is 18.9 Å². The molecular formula is C60H67ClF2N12O4. The number of nitrogen functional groups attached to an aromatic ring is 1. The molecule has 4 saturated heterocycles. The molecule has 0 saturated carbocycles. The van der Waals surface area contributed by atoms with E-state index in [2.05, 4.69) is 78.6 Å². The topological polar surface area (TPSA) is 165 Å². The van der Waals surface area contributed by atoms with Crippen LogP contribution in [0.25, 0.3) is 44.6 Å². The Kier molecular flexibility index (Phi) is 16.7. The molecule has 6 aromatic heterocycles. The average molecular weight is 1090 g/mol. The first kappa shape index (κ1) is 55.0. The number of anilines is 7. The van der Waals surface area contributed by atoms with Crippen molar-refractivity contribution in [2.24, 2.45) is 0 Å². The molecule has 3 N–H and O–H groups in total. The van der Waals surface area contributed by atoms with Crippen LogP contribution in [0.4, 0.5) is 48.9 Å². The first-order valence-electron chi connectivity index (χ1n) is 26.7. The molecule has 2 aromatic carbocycles. The average Bonchev–Trinajstić information content (AvgIpc) is 3.58. The number of aromatic nitrogens is 6. The second kappa shape index (κ2) is 23.9. The molecular weight excluding hydrogens is 1030 g/mol. The number of halogens is 3. The normalized spacial score (nSPS) is 17.2. The van der Waals surface area contributed by atoms with Crippen LogP contribution in [-0.4, -0.2) is 133 Å². The van der Waals surface area contributed by atoms with E-state index in [1.54, 1.807) is 24.5 Å². The second-order valence-corrected chi connectivity index (χ2v) is 21.5. The third-order valence-electron chi connectivity index (χ3n) is 14.3. The van der Waals surface area contributed by atoms with Crippen molar-refractivity contribution in [2.45, 2.75) is 52.7 Å². The van der Waals surface area contributed by atoms with Crippen LogP contribution in [0.1, 0.15) is 38.8 Å². The Morgan fingerprint density at radius 2 is 1.04 bits per heavy atom. The Morgan fingerprint density at radius 1 is 0.557 bits per heavy atom. The first-order valence-corrected chi connectivity index (χ1v) is 27.1. The monoisotopic (exact) mass is 1090 g/mol. The Balaban J connectivity index is 0.000000148. The van der Waals surface area contributed by atoms with E-state index in [0.29, 0.717) is 47.3 Å². The zero-order chi connectivity index (χ0) is 55.3. The maximum absolute atomic E-state index is 14.3. The SMILES string of the molecule is CC1(C)CN(c2cnc(N3CCOCC3)c(N)c2)CCO1.Cc1c(-c2ccccn2)nc2cc(F)ccc2c1Cl.Cc1c(-c2ccccn2)nc2cc(F)ccc2c1Nc1cc(N2CCOC(C)(C)C2)cnc1N1CCOCC1. The number of ether oxygens (including phenoxy) is 4. The summed E-state index contributed by atoms with van der Waals surface area (Å²) in [6.45, 7) is 23.0. The zero-order valence-corrected chi connectivity index (χ0v) is 46.4. The largest absolute Gasteiger partial charge is 0.396 e. The summed E-state index contributed by atoms with van der Waals surface area (Å²) >= 11 is 6.34. The van der Waals surface area contributed by atoms with Crippen molar-refractivity contribution in [1.82, 2.24) is 29.9 Å². The van der Waals surface area contributed by atoms with Gasteiger partial charge in [0.15, 0.2) is 11.6 Å². The van der Waals surface area contributed by atoms with E-state index in [4.69, 9.17) is 46.3 Å². The maximum Gasteiger partial charge on any atom is 0.152 e. The van der Waals surface area contributed by atoms with E-state index >= 15 is 0 Å². The number of fused-ring (bicyclic) bond motifs is 2. The van der Waals surface area contributed by atoms with Gasteiger partial charge in [-0.05, 0) is 108 Å². The van der Waals surface area contributed by atoms with Crippen LogP contribution in [0.5, 0.6) is 0 Å². The summed E-state index contributed by atoms with van der Waals surface area (Å²) in [6, 6.07) is 24.6. The van der Waals surface area contributed by atoms with Crippen molar-refractivity contribution in [2.75, 3.05) is 123 Å². The van der Waals surface area contributed by atoms with Gasteiger partial charge in [0.2, 0.25) is 0 Å². The number of nitrogens with one attached hydrogen (secondary N) is 1. The predicted molar refractivity (Wildman–Crippen MR) is 311 cm³/mol. The summed E-state index contributed by atoms with van der Waals surface area (Å²) < 4.78 is 50.3.